The van der Waals surface area contributed by atoms with Gasteiger partial charge < -0.3 is 4.90 Å². The number of hydrogen-bond donors (Lipinski definition) is 1. The Balaban J connectivity index is 2.21. The topological polar surface area (TPSA) is 36.9 Å². The lowest BCUT2D eigenvalue weighted by atomic mass is 10.1. The van der Waals surface area contributed by atoms with Gasteiger partial charge in [0.2, 0.25) is 0 Å². The lowest BCUT2D eigenvalue weighted by Gasteiger charge is -2.16. The highest BCUT2D eigenvalue weighted by Crippen LogP contribution is 2.05. The number of nitrogens with zero attached hydrogens (tertiary/aromatic N) is 2. The maximum absolute atomic E-state index is 5.05. The molecule has 24 heavy (non-hydrogen) atoms. The van der Waals surface area contributed by atoms with Gasteiger partial charge in [-0.25, -0.2) is 0 Å². The molecule has 0 amide bonds. The summed E-state index contributed by atoms with van der Waals surface area (Å²) >= 11 is 0. The molecule has 0 aromatic heterocycles. The standard InChI is InChI=1S/C20H35N3O/c1-4-5-6-7-11-14-20(22-24-3)21-16-18-23(2)17-15-19-12-9-8-10-13-19/h8-10,12-13H,4-7,11,14-18H2,1-3H3,(H,21,22). The fourth-order valence-electron chi connectivity index (χ4n) is 2.61. The molecule has 0 aliphatic heterocycles. The number of nitrogens with one attached hydrogen (secondary N) is 1. The van der Waals surface area contributed by atoms with E-state index in [1.54, 1.807) is 7.11 Å². The quantitative estimate of drug-likeness (QED) is 0.256. The van der Waals surface area contributed by atoms with Crippen molar-refractivity contribution in [3.8, 4) is 0 Å². The van der Waals surface area contributed by atoms with Crippen LogP contribution in [-0.4, -0.2) is 44.5 Å². The van der Waals surface area contributed by atoms with Gasteiger partial charge in [-0.1, -0.05) is 62.9 Å². The SMILES string of the molecule is CCCCCCCC(=NCCN(C)CCc1ccccc1)NOC. The lowest BCUT2D eigenvalue weighted by Crippen LogP contribution is -2.27. The Bertz CT molecular complexity index is 434. The summed E-state index contributed by atoms with van der Waals surface area (Å²) in [5.74, 6) is 0.977. The fraction of sp³-hybridized carbons (Fsp3) is 0.650. The van der Waals surface area contributed by atoms with Gasteiger partial charge in [-0.05, 0) is 25.5 Å². The number of rotatable bonds is 13. The number of hydrogen-bond acceptors (Lipinski definition) is 3. The summed E-state index contributed by atoms with van der Waals surface area (Å²) in [6.07, 6.45) is 8.45. The molecule has 0 saturated carbocycles. The van der Waals surface area contributed by atoms with Crippen LogP contribution >= 0.6 is 0 Å². The molecule has 136 valence electrons. The van der Waals surface area contributed by atoms with Crippen LogP contribution in [0, 0.1) is 0 Å². The largest absolute Gasteiger partial charge is 0.304 e. The van der Waals surface area contributed by atoms with Crippen LogP contribution in [0.5, 0.6) is 0 Å². The number of benzene rings is 1. The molecule has 4 heteroatoms. The first-order chi connectivity index (χ1) is 11.8. The van der Waals surface area contributed by atoms with E-state index in [1.165, 1.54) is 37.7 Å². The zero-order chi connectivity index (χ0) is 17.5. The van der Waals surface area contributed by atoms with Crippen molar-refractivity contribution >= 4 is 5.84 Å². The molecule has 0 atom stereocenters. The predicted molar refractivity (Wildman–Crippen MR) is 103 cm³/mol. The second-order valence-corrected chi connectivity index (χ2v) is 6.34. The van der Waals surface area contributed by atoms with Crippen molar-refractivity contribution in [1.29, 1.82) is 0 Å². The number of aliphatic imine (C=N–C) groups is 1. The molecule has 0 radical (unpaired) electrons. The molecule has 1 N–H and O–H groups in total. The van der Waals surface area contributed by atoms with Crippen molar-refractivity contribution < 1.29 is 4.84 Å². The van der Waals surface area contributed by atoms with Crippen molar-refractivity contribution in [1.82, 2.24) is 10.4 Å². The Morgan fingerprint density at radius 2 is 1.83 bits per heavy atom. The number of hydroxylamine groups is 1. The van der Waals surface area contributed by atoms with Gasteiger partial charge in [0.25, 0.3) is 0 Å². The van der Waals surface area contributed by atoms with Crippen LogP contribution in [0.4, 0.5) is 0 Å². The summed E-state index contributed by atoms with van der Waals surface area (Å²) in [6.45, 7) is 5.08. The summed E-state index contributed by atoms with van der Waals surface area (Å²) in [7, 11) is 3.81. The van der Waals surface area contributed by atoms with Crippen LogP contribution in [0.25, 0.3) is 0 Å². The smallest absolute Gasteiger partial charge is 0.120 e. The van der Waals surface area contributed by atoms with Crippen molar-refractivity contribution in [2.24, 2.45) is 4.99 Å². The van der Waals surface area contributed by atoms with Crippen LogP contribution in [-0.2, 0) is 11.3 Å². The Morgan fingerprint density at radius 1 is 1.08 bits per heavy atom. The van der Waals surface area contributed by atoms with Crippen molar-refractivity contribution in [2.75, 3.05) is 33.8 Å². The van der Waals surface area contributed by atoms with E-state index in [4.69, 9.17) is 4.84 Å². The zero-order valence-corrected chi connectivity index (χ0v) is 15.8. The summed E-state index contributed by atoms with van der Waals surface area (Å²) in [4.78, 5) is 12.1. The van der Waals surface area contributed by atoms with Crippen LogP contribution in [0.2, 0.25) is 0 Å². The van der Waals surface area contributed by atoms with Gasteiger partial charge in [-0.2, -0.15) is 0 Å². The van der Waals surface area contributed by atoms with E-state index in [0.717, 1.165) is 38.3 Å². The number of amidine groups is 1. The van der Waals surface area contributed by atoms with Gasteiger partial charge in [0.05, 0.1) is 13.7 Å². The number of unbranched alkanes of at least 4 members (excludes halogenated alkanes) is 4. The second-order valence-electron chi connectivity index (χ2n) is 6.34. The third-order valence-electron chi connectivity index (χ3n) is 4.15. The van der Waals surface area contributed by atoms with E-state index in [1.807, 2.05) is 0 Å². The van der Waals surface area contributed by atoms with Crippen LogP contribution in [0.15, 0.2) is 35.3 Å². The molecular formula is C20H35N3O. The Morgan fingerprint density at radius 3 is 2.54 bits per heavy atom. The lowest BCUT2D eigenvalue weighted by molar-refractivity contribution is 0.142. The first-order valence-corrected chi connectivity index (χ1v) is 9.31. The van der Waals surface area contributed by atoms with Crippen molar-refractivity contribution in [3.05, 3.63) is 35.9 Å². The molecule has 0 aliphatic carbocycles. The summed E-state index contributed by atoms with van der Waals surface area (Å²) in [5, 5.41) is 0. The molecular weight excluding hydrogens is 298 g/mol. The van der Waals surface area contributed by atoms with Gasteiger partial charge in [0.1, 0.15) is 5.84 Å². The van der Waals surface area contributed by atoms with Crippen molar-refractivity contribution in [2.45, 2.75) is 51.9 Å². The summed E-state index contributed by atoms with van der Waals surface area (Å²) in [6, 6.07) is 10.6. The summed E-state index contributed by atoms with van der Waals surface area (Å²) in [5.41, 5.74) is 4.33. The molecule has 0 heterocycles. The minimum atomic E-state index is 0.811. The minimum absolute atomic E-state index is 0.811. The third-order valence-corrected chi connectivity index (χ3v) is 4.15. The molecule has 0 spiro atoms. The van der Waals surface area contributed by atoms with E-state index in [-0.39, 0.29) is 0 Å². The average Bonchev–Trinajstić information content (AvgIpc) is 2.60. The van der Waals surface area contributed by atoms with E-state index in [0.29, 0.717) is 0 Å². The molecule has 0 aliphatic rings. The van der Waals surface area contributed by atoms with Gasteiger partial charge in [-0.15, -0.1) is 0 Å². The molecule has 0 bridgehead atoms. The third kappa shape index (κ3) is 10.4. The maximum atomic E-state index is 5.05. The molecule has 1 rings (SSSR count). The summed E-state index contributed by atoms with van der Waals surface area (Å²) < 4.78 is 0. The van der Waals surface area contributed by atoms with Gasteiger partial charge >= 0.3 is 0 Å². The molecule has 0 unspecified atom stereocenters. The maximum Gasteiger partial charge on any atom is 0.120 e. The molecule has 1 aromatic rings. The molecule has 1 aromatic carbocycles. The van der Waals surface area contributed by atoms with Gasteiger partial charge in [0, 0.05) is 19.5 Å². The van der Waals surface area contributed by atoms with Crippen molar-refractivity contribution in [3.63, 3.8) is 0 Å². The first-order valence-electron chi connectivity index (χ1n) is 9.31. The van der Waals surface area contributed by atoms with Crippen LogP contribution in [0.3, 0.4) is 0 Å². The van der Waals surface area contributed by atoms with Crippen LogP contribution < -0.4 is 5.48 Å². The predicted octanol–water partition coefficient (Wildman–Crippen LogP) is 4.07. The Labute approximate surface area is 148 Å². The Hall–Kier alpha value is -1.39. The fourth-order valence-corrected chi connectivity index (χ4v) is 2.61. The number of likely N-dealkylation sites (N-methyl/N-ethyl adjacent to an activating group) is 1. The molecule has 0 saturated heterocycles. The van der Waals surface area contributed by atoms with Gasteiger partial charge in [0.15, 0.2) is 0 Å². The first kappa shape index (κ1) is 20.7. The van der Waals surface area contributed by atoms with E-state index < -0.39 is 0 Å². The second kappa shape index (κ2) is 14.0. The highest BCUT2D eigenvalue weighted by molar-refractivity contribution is 5.81. The van der Waals surface area contributed by atoms with E-state index in [9.17, 15) is 0 Å². The highest BCUT2D eigenvalue weighted by Gasteiger charge is 2.01. The normalized spacial score (nSPS) is 11.9. The van der Waals surface area contributed by atoms with E-state index >= 15 is 0 Å². The van der Waals surface area contributed by atoms with Crippen LogP contribution in [0.1, 0.15) is 51.0 Å². The zero-order valence-electron chi connectivity index (χ0n) is 15.8. The monoisotopic (exact) mass is 333 g/mol. The molecule has 4 nitrogen and oxygen atoms in total. The Kier molecular flexibility index (Phi) is 12.0. The molecule has 0 fully saturated rings. The highest BCUT2D eigenvalue weighted by atomic mass is 16.6. The minimum Gasteiger partial charge on any atom is -0.304 e. The van der Waals surface area contributed by atoms with Gasteiger partial charge in [-0.3, -0.25) is 15.3 Å². The van der Waals surface area contributed by atoms with E-state index in [2.05, 4.69) is 59.7 Å². The average molecular weight is 334 g/mol.